The van der Waals surface area contributed by atoms with Crippen molar-refractivity contribution >= 4 is 22.6 Å². The topological polar surface area (TPSA) is 83.2 Å². The van der Waals surface area contributed by atoms with Crippen LogP contribution in [-0.2, 0) is 0 Å². The van der Waals surface area contributed by atoms with E-state index < -0.39 is 36.8 Å². The number of hydrogen-bond acceptors (Lipinski definition) is 3. The zero-order chi connectivity index (χ0) is 22.2. The summed E-state index contributed by atoms with van der Waals surface area (Å²) in [6.07, 6.45) is -0.203. The van der Waals surface area contributed by atoms with E-state index in [-0.39, 0.29) is 17.7 Å². The largest absolute Gasteiger partial charge is 0.478 e. The Balaban J connectivity index is 1.65. The van der Waals surface area contributed by atoms with Crippen molar-refractivity contribution in [2.45, 2.75) is 25.0 Å². The standard InChI is InChI=1S/C22H20F3N3O3/c1-12-5-7-16-13(6-8-18(29)26-16)19(12)28-21(30)27-17-9-22(10-23,11-24)31-20-14(17)3-2-4-15(20)25/h2-8,17H,9-11H2,1H3,(H,26,29)(H2,27,28,30)/t17-/m1/s1. The molecule has 0 spiro atoms. The third-order valence-corrected chi connectivity index (χ3v) is 5.41. The van der Waals surface area contributed by atoms with Crippen LogP contribution in [0.15, 0.2) is 47.3 Å². The van der Waals surface area contributed by atoms with Gasteiger partial charge in [-0.25, -0.2) is 18.0 Å². The minimum absolute atomic E-state index is 0.203. The molecule has 2 heterocycles. The number of urea groups is 1. The van der Waals surface area contributed by atoms with Crippen LogP contribution in [0.5, 0.6) is 5.75 Å². The van der Waals surface area contributed by atoms with Crippen molar-refractivity contribution in [3.63, 3.8) is 0 Å². The molecule has 0 saturated heterocycles. The summed E-state index contributed by atoms with van der Waals surface area (Å²) in [4.78, 5) is 27.1. The molecule has 3 aromatic rings. The highest BCUT2D eigenvalue weighted by atomic mass is 19.1. The third kappa shape index (κ3) is 3.83. The summed E-state index contributed by atoms with van der Waals surface area (Å²) >= 11 is 0. The lowest BCUT2D eigenvalue weighted by Crippen LogP contribution is -2.49. The molecule has 2 amide bonds. The van der Waals surface area contributed by atoms with E-state index in [1.165, 1.54) is 18.2 Å². The fraction of sp³-hybridized carbons (Fsp3) is 0.273. The first-order valence-corrected chi connectivity index (χ1v) is 9.65. The third-order valence-electron chi connectivity index (χ3n) is 5.41. The van der Waals surface area contributed by atoms with E-state index in [0.29, 0.717) is 22.2 Å². The monoisotopic (exact) mass is 431 g/mol. The summed E-state index contributed by atoms with van der Waals surface area (Å²) in [5, 5.41) is 6.03. The molecule has 0 bridgehead atoms. The van der Waals surface area contributed by atoms with E-state index in [2.05, 4.69) is 15.6 Å². The summed E-state index contributed by atoms with van der Waals surface area (Å²) in [6, 6.07) is 8.99. The van der Waals surface area contributed by atoms with Gasteiger partial charge in [-0.1, -0.05) is 18.2 Å². The second-order valence-corrected chi connectivity index (χ2v) is 7.61. The van der Waals surface area contributed by atoms with Crippen molar-refractivity contribution in [3.8, 4) is 5.75 Å². The Kier molecular flexibility index (Phi) is 5.34. The van der Waals surface area contributed by atoms with Crippen molar-refractivity contribution in [1.82, 2.24) is 10.3 Å². The predicted molar refractivity (Wildman–Crippen MR) is 111 cm³/mol. The maximum Gasteiger partial charge on any atom is 0.319 e. The summed E-state index contributed by atoms with van der Waals surface area (Å²) < 4.78 is 46.9. The number of aromatic nitrogens is 1. The summed E-state index contributed by atoms with van der Waals surface area (Å²) in [5.41, 5.74) is -0.0917. The molecule has 0 unspecified atom stereocenters. The van der Waals surface area contributed by atoms with Crippen LogP contribution in [0.2, 0.25) is 0 Å². The van der Waals surface area contributed by atoms with Gasteiger partial charge in [0.2, 0.25) is 5.56 Å². The molecule has 6 nitrogen and oxygen atoms in total. The molecule has 1 aliphatic rings. The van der Waals surface area contributed by atoms with E-state index in [1.807, 2.05) is 0 Å². The molecule has 0 aliphatic carbocycles. The number of halogens is 3. The number of rotatable bonds is 4. The molecule has 162 valence electrons. The lowest BCUT2D eigenvalue weighted by atomic mass is 9.88. The summed E-state index contributed by atoms with van der Waals surface area (Å²) in [6.45, 7) is -0.559. The van der Waals surface area contributed by atoms with Crippen LogP contribution in [0.3, 0.4) is 0 Å². The molecule has 1 aromatic heterocycles. The molecule has 0 fully saturated rings. The summed E-state index contributed by atoms with van der Waals surface area (Å²) in [5.74, 6) is -1.03. The first-order chi connectivity index (χ1) is 14.9. The molecule has 3 N–H and O–H groups in total. The van der Waals surface area contributed by atoms with Gasteiger partial charge >= 0.3 is 6.03 Å². The highest BCUT2D eigenvalue weighted by Crippen LogP contribution is 2.41. The van der Waals surface area contributed by atoms with Gasteiger partial charge in [-0.05, 0) is 30.7 Å². The predicted octanol–water partition coefficient (Wildman–Crippen LogP) is 4.30. The molecule has 4 rings (SSSR count). The van der Waals surface area contributed by atoms with E-state index in [1.54, 1.807) is 25.1 Å². The molecule has 31 heavy (non-hydrogen) atoms. The van der Waals surface area contributed by atoms with Crippen molar-refractivity contribution in [1.29, 1.82) is 0 Å². The normalized spacial score (nSPS) is 17.0. The average molecular weight is 431 g/mol. The van der Waals surface area contributed by atoms with Gasteiger partial charge < -0.3 is 20.4 Å². The minimum Gasteiger partial charge on any atom is -0.478 e. The van der Waals surface area contributed by atoms with Crippen molar-refractivity contribution in [2.24, 2.45) is 0 Å². The number of aromatic amines is 1. The van der Waals surface area contributed by atoms with E-state index in [4.69, 9.17) is 4.74 Å². The van der Waals surface area contributed by atoms with Gasteiger partial charge in [0.05, 0.1) is 17.2 Å². The number of hydrogen-bond donors (Lipinski definition) is 3. The Labute approximate surface area is 175 Å². The van der Waals surface area contributed by atoms with Crippen LogP contribution < -0.4 is 20.9 Å². The van der Waals surface area contributed by atoms with Gasteiger partial charge in [0.15, 0.2) is 17.2 Å². The number of anilines is 1. The van der Waals surface area contributed by atoms with Crippen molar-refractivity contribution < 1.29 is 22.7 Å². The molecule has 1 atom stereocenters. The number of carbonyl (C=O) groups is 1. The van der Waals surface area contributed by atoms with Gasteiger partial charge in [0.1, 0.15) is 13.3 Å². The zero-order valence-electron chi connectivity index (χ0n) is 16.6. The quantitative estimate of drug-likeness (QED) is 0.576. The SMILES string of the molecule is Cc1ccc2[nH]c(=O)ccc2c1NC(=O)N[C@@H]1CC(CF)(CF)Oc2c(F)cccc21. The van der Waals surface area contributed by atoms with Gasteiger partial charge in [-0.2, -0.15) is 0 Å². The number of amides is 2. The zero-order valence-corrected chi connectivity index (χ0v) is 16.6. The molecule has 0 radical (unpaired) electrons. The van der Waals surface area contributed by atoms with Crippen LogP contribution in [-0.4, -0.2) is 30.0 Å². The van der Waals surface area contributed by atoms with Crippen LogP contribution in [0, 0.1) is 12.7 Å². The Hall–Kier alpha value is -3.49. The van der Waals surface area contributed by atoms with Gasteiger partial charge in [0.25, 0.3) is 0 Å². The average Bonchev–Trinajstić information content (AvgIpc) is 2.76. The van der Waals surface area contributed by atoms with Crippen molar-refractivity contribution in [3.05, 3.63) is 69.8 Å². The Bertz CT molecular complexity index is 1210. The lowest BCUT2D eigenvalue weighted by Gasteiger charge is -2.39. The van der Waals surface area contributed by atoms with Gasteiger partial charge in [0, 0.05) is 23.4 Å². The van der Waals surface area contributed by atoms with E-state index >= 15 is 0 Å². The number of carbonyl (C=O) groups excluding carboxylic acids is 1. The minimum atomic E-state index is -1.87. The van der Waals surface area contributed by atoms with E-state index in [0.717, 1.165) is 11.6 Å². The number of ether oxygens (including phenoxy) is 1. The van der Waals surface area contributed by atoms with Crippen LogP contribution in [0.4, 0.5) is 23.7 Å². The highest BCUT2D eigenvalue weighted by Gasteiger charge is 2.43. The summed E-state index contributed by atoms with van der Waals surface area (Å²) in [7, 11) is 0. The highest BCUT2D eigenvalue weighted by molar-refractivity contribution is 6.01. The number of alkyl halides is 2. The fourth-order valence-electron chi connectivity index (χ4n) is 3.79. The Morgan fingerprint density at radius 2 is 1.97 bits per heavy atom. The number of benzene rings is 2. The molecule has 2 aromatic carbocycles. The van der Waals surface area contributed by atoms with E-state index in [9.17, 15) is 22.8 Å². The number of H-pyrrole nitrogens is 1. The van der Waals surface area contributed by atoms with Crippen LogP contribution in [0.1, 0.15) is 23.6 Å². The second-order valence-electron chi connectivity index (χ2n) is 7.61. The number of fused-ring (bicyclic) bond motifs is 2. The maximum absolute atomic E-state index is 14.3. The van der Waals surface area contributed by atoms with Gasteiger partial charge in [-0.3, -0.25) is 4.79 Å². The first-order valence-electron chi connectivity index (χ1n) is 9.65. The van der Waals surface area contributed by atoms with Crippen molar-refractivity contribution in [2.75, 3.05) is 18.7 Å². The molecule has 1 aliphatic heterocycles. The molecule has 9 heteroatoms. The first kappa shape index (κ1) is 20.8. The smallest absolute Gasteiger partial charge is 0.319 e. The number of para-hydroxylation sites is 1. The van der Waals surface area contributed by atoms with Crippen LogP contribution in [0.25, 0.3) is 10.9 Å². The number of aryl methyl sites for hydroxylation is 1. The van der Waals surface area contributed by atoms with Crippen LogP contribution >= 0.6 is 0 Å². The second kappa shape index (κ2) is 7.98. The lowest BCUT2D eigenvalue weighted by molar-refractivity contribution is -0.0137. The van der Waals surface area contributed by atoms with Gasteiger partial charge in [-0.15, -0.1) is 0 Å². The molecular formula is C22H20F3N3O3. The maximum atomic E-state index is 14.3. The molecular weight excluding hydrogens is 411 g/mol. The Morgan fingerprint density at radius 1 is 1.19 bits per heavy atom. The molecule has 0 saturated carbocycles. The fourth-order valence-corrected chi connectivity index (χ4v) is 3.79. The number of pyridine rings is 1. The Morgan fingerprint density at radius 3 is 2.71 bits per heavy atom. The number of nitrogens with one attached hydrogen (secondary N) is 3.